The van der Waals surface area contributed by atoms with Gasteiger partial charge in [0.05, 0.1) is 13.1 Å². The maximum Gasteiger partial charge on any atom is 0.396 e. The van der Waals surface area contributed by atoms with Crippen LogP contribution in [0.1, 0.15) is 71.4 Å². The van der Waals surface area contributed by atoms with Gasteiger partial charge in [0.15, 0.2) is 0 Å². The van der Waals surface area contributed by atoms with Crippen molar-refractivity contribution in [1.82, 2.24) is 10.0 Å². The van der Waals surface area contributed by atoms with Crippen LogP contribution in [0.3, 0.4) is 0 Å². The lowest BCUT2D eigenvalue weighted by atomic mass is 9.98. The minimum atomic E-state index is -4.27. The van der Waals surface area contributed by atoms with Gasteiger partial charge in [-0.25, -0.2) is 9.11 Å². The number of carbonyl (C=O) groups is 1. The summed E-state index contributed by atoms with van der Waals surface area (Å²) in [6.45, 7) is 11.0. The lowest BCUT2D eigenvalue weighted by Gasteiger charge is -2.44. The highest BCUT2D eigenvalue weighted by molar-refractivity contribution is 7.84. The number of halogens is 1. The number of hydrogen-bond donors (Lipinski definition) is 3. The van der Waals surface area contributed by atoms with E-state index in [0.29, 0.717) is 36.6 Å². The number of aliphatic hydroxyl groups excluding tert-OH is 1. The van der Waals surface area contributed by atoms with Crippen LogP contribution in [0.2, 0.25) is 0 Å². The van der Waals surface area contributed by atoms with Crippen molar-refractivity contribution in [3.8, 4) is 5.75 Å². The van der Waals surface area contributed by atoms with E-state index in [4.69, 9.17) is 4.74 Å². The van der Waals surface area contributed by atoms with Crippen LogP contribution in [0.15, 0.2) is 48.5 Å². The van der Waals surface area contributed by atoms with Gasteiger partial charge in [-0.3, -0.25) is 4.79 Å². The first-order chi connectivity index (χ1) is 19.5. The normalized spacial score (nSPS) is 13.7. The molecule has 0 heterocycles. The molecule has 0 aliphatic heterocycles. The van der Waals surface area contributed by atoms with Crippen molar-refractivity contribution < 1.29 is 31.3 Å². The van der Waals surface area contributed by atoms with Gasteiger partial charge in [-0.2, -0.15) is 12.3 Å². The summed E-state index contributed by atoms with van der Waals surface area (Å²) in [5.74, 6) is -0.333. The van der Waals surface area contributed by atoms with E-state index in [1.807, 2.05) is 44.2 Å². The zero-order valence-electron chi connectivity index (χ0n) is 25.2. The summed E-state index contributed by atoms with van der Waals surface area (Å²) >= 11 is 0. The van der Waals surface area contributed by atoms with Crippen molar-refractivity contribution in [3.63, 3.8) is 0 Å². The van der Waals surface area contributed by atoms with E-state index in [0.717, 1.165) is 12.0 Å². The van der Waals surface area contributed by atoms with Crippen LogP contribution < -0.4 is 14.8 Å². The fourth-order valence-electron chi connectivity index (χ4n) is 5.12. The molecule has 3 N–H and O–H groups in total. The molecule has 0 aliphatic carbocycles. The van der Waals surface area contributed by atoms with E-state index in [1.165, 1.54) is 12.1 Å². The number of rotatable bonds is 19. The number of carbonyl (C=O) groups excluding carboxylic acids is 1. The SMILES string of the molecule is CCC[N+](CCC)(C(Cc1cc(F)cc(OCc2ccccc2)c1)C(O)CNCCC(C)C)S(=O)(=O)NC(=O)CC. The highest BCUT2D eigenvalue weighted by Crippen LogP contribution is 2.29. The third-order valence-electron chi connectivity index (χ3n) is 7.17. The van der Waals surface area contributed by atoms with Gasteiger partial charge >= 0.3 is 10.2 Å². The molecule has 1 amide bonds. The quantitative estimate of drug-likeness (QED) is 0.161. The molecule has 8 nitrogen and oxygen atoms in total. The lowest BCUT2D eigenvalue weighted by Crippen LogP contribution is -2.68. The van der Waals surface area contributed by atoms with Crippen molar-refractivity contribution in [2.45, 2.75) is 85.5 Å². The first-order valence-electron chi connectivity index (χ1n) is 14.7. The Morgan fingerprint density at radius 1 is 1.02 bits per heavy atom. The van der Waals surface area contributed by atoms with Crippen LogP contribution in [0, 0.1) is 11.7 Å². The lowest BCUT2D eigenvalue weighted by molar-refractivity contribution is -0.838. The first kappa shape index (κ1) is 34.7. The van der Waals surface area contributed by atoms with Gasteiger partial charge in [0, 0.05) is 25.5 Å². The number of nitrogens with zero attached hydrogens (tertiary/aromatic N) is 1. The molecule has 0 radical (unpaired) electrons. The molecule has 2 rings (SSSR count). The Bertz CT molecular complexity index is 1170. The summed E-state index contributed by atoms with van der Waals surface area (Å²) in [4.78, 5) is 12.3. The average Bonchev–Trinajstić information content (AvgIpc) is 2.92. The number of aliphatic hydroxyl groups is 1. The third-order valence-corrected chi connectivity index (χ3v) is 9.25. The second-order valence-corrected chi connectivity index (χ2v) is 12.9. The van der Waals surface area contributed by atoms with Crippen LogP contribution in [0.5, 0.6) is 5.75 Å². The molecule has 0 spiro atoms. The Morgan fingerprint density at radius 2 is 1.68 bits per heavy atom. The van der Waals surface area contributed by atoms with Gasteiger partial charge in [-0.15, -0.1) is 0 Å². The molecule has 0 aliphatic rings. The number of benzene rings is 2. The molecule has 2 unspecified atom stereocenters. The van der Waals surface area contributed by atoms with Gasteiger partial charge in [0.25, 0.3) is 0 Å². The topological polar surface area (TPSA) is 105 Å². The second-order valence-electron chi connectivity index (χ2n) is 11.0. The van der Waals surface area contributed by atoms with Crippen molar-refractivity contribution in [2.24, 2.45) is 5.92 Å². The Kier molecular flexibility index (Phi) is 14.2. The molecule has 41 heavy (non-hydrogen) atoms. The van der Waals surface area contributed by atoms with Gasteiger partial charge in [-0.1, -0.05) is 65.0 Å². The standard InChI is InChI=1S/C31H48FN3O5S/c1-6-16-35(17-7-2,41(38,39)34-31(37)8-3)29(30(36)22-33-15-14-24(4)5)20-26-18-27(32)21-28(19-26)40-23-25-12-10-9-11-13-25/h9-13,18-19,21,24,29-30,33,36H,6-8,14-17,20,22-23H2,1-5H3/p+1. The number of hydrogen-bond acceptors (Lipinski definition) is 6. The molecule has 0 fully saturated rings. The third kappa shape index (κ3) is 10.4. The first-order valence-corrected chi connectivity index (χ1v) is 16.2. The largest absolute Gasteiger partial charge is 0.489 e. The molecule has 2 aromatic carbocycles. The van der Waals surface area contributed by atoms with E-state index >= 15 is 0 Å². The molecule has 0 bridgehead atoms. The molecular formula is C31H49FN3O5S+. The zero-order valence-corrected chi connectivity index (χ0v) is 26.1. The van der Waals surface area contributed by atoms with Crippen molar-refractivity contribution >= 4 is 16.1 Å². The summed E-state index contributed by atoms with van der Waals surface area (Å²) in [6, 6.07) is 13.0. The highest BCUT2D eigenvalue weighted by Gasteiger charge is 2.51. The molecule has 230 valence electrons. The van der Waals surface area contributed by atoms with Crippen LogP contribution >= 0.6 is 0 Å². The molecule has 2 atom stereocenters. The smallest absolute Gasteiger partial charge is 0.396 e. The van der Waals surface area contributed by atoms with Gasteiger partial charge in [0.2, 0.25) is 5.91 Å². The Morgan fingerprint density at radius 3 is 2.27 bits per heavy atom. The van der Waals surface area contributed by atoms with Crippen LogP contribution in [0.4, 0.5) is 4.39 Å². The van der Waals surface area contributed by atoms with Gasteiger partial charge in [-0.05, 0) is 55.0 Å². The van der Waals surface area contributed by atoms with Crippen LogP contribution in [-0.4, -0.2) is 61.6 Å². The predicted octanol–water partition coefficient (Wildman–Crippen LogP) is 4.72. The molecule has 0 saturated carbocycles. The number of ether oxygens (including phenoxy) is 1. The zero-order chi connectivity index (χ0) is 30.5. The molecule has 10 heteroatoms. The van der Waals surface area contributed by atoms with E-state index in [-0.39, 0.29) is 39.1 Å². The van der Waals surface area contributed by atoms with Crippen LogP contribution in [0.25, 0.3) is 0 Å². The van der Waals surface area contributed by atoms with E-state index in [9.17, 15) is 22.7 Å². The monoisotopic (exact) mass is 594 g/mol. The Labute approximate surface area is 246 Å². The summed E-state index contributed by atoms with van der Waals surface area (Å²) < 4.78 is 50.4. The fourth-order valence-corrected chi connectivity index (χ4v) is 7.15. The van der Waals surface area contributed by atoms with E-state index in [2.05, 4.69) is 23.9 Å². The minimum Gasteiger partial charge on any atom is -0.489 e. The molecular weight excluding hydrogens is 545 g/mol. The second kappa shape index (κ2) is 16.8. The van der Waals surface area contributed by atoms with Gasteiger partial charge < -0.3 is 15.2 Å². The van der Waals surface area contributed by atoms with E-state index < -0.39 is 38.0 Å². The van der Waals surface area contributed by atoms with E-state index in [1.54, 1.807) is 13.0 Å². The molecule has 0 saturated heterocycles. The maximum absolute atomic E-state index is 14.8. The fraction of sp³-hybridized carbons (Fsp3) is 0.581. The predicted molar refractivity (Wildman–Crippen MR) is 161 cm³/mol. The van der Waals surface area contributed by atoms with Crippen molar-refractivity contribution in [2.75, 3.05) is 26.2 Å². The van der Waals surface area contributed by atoms with Crippen molar-refractivity contribution in [3.05, 3.63) is 65.5 Å². The van der Waals surface area contributed by atoms with Gasteiger partial charge in [0.1, 0.15) is 30.3 Å². The number of nitrogens with one attached hydrogen (secondary N) is 2. The summed E-state index contributed by atoms with van der Waals surface area (Å²) in [5.41, 5.74) is 1.43. The number of quaternary nitrogens is 1. The summed E-state index contributed by atoms with van der Waals surface area (Å²) in [6.07, 6.45) is 0.879. The van der Waals surface area contributed by atoms with Crippen LogP contribution in [-0.2, 0) is 28.0 Å². The number of amides is 1. The maximum atomic E-state index is 14.8. The Balaban J connectivity index is 2.51. The molecule has 2 aromatic rings. The minimum absolute atomic E-state index is 0.00741. The Hall–Kier alpha value is -2.53. The molecule has 0 aromatic heterocycles. The highest BCUT2D eigenvalue weighted by atomic mass is 32.2. The summed E-state index contributed by atoms with van der Waals surface area (Å²) in [7, 11) is -4.27. The average molecular weight is 595 g/mol. The van der Waals surface area contributed by atoms with Crippen molar-refractivity contribution in [1.29, 1.82) is 0 Å². The summed E-state index contributed by atoms with van der Waals surface area (Å²) in [5, 5.41) is 14.9.